The Bertz CT molecular complexity index is 497. The molecule has 4 heteroatoms. The summed E-state index contributed by atoms with van der Waals surface area (Å²) in [6.45, 7) is 2.07. The molecule has 0 radical (unpaired) electrons. The highest BCUT2D eigenvalue weighted by Crippen LogP contribution is 2.22. The molecule has 2 aromatic rings. The third-order valence-electron chi connectivity index (χ3n) is 3.24. The van der Waals surface area contributed by atoms with Gasteiger partial charge in [0.2, 0.25) is 0 Å². The summed E-state index contributed by atoms with van der Waals surface area (Å²) in [7, 11) is 1.96. The number of aromatic nitrogens is 3. The molecule has 4 nitrogen and oxygen atoms in total. The molecule has 1 aromatic carbocycles. The van der Waals surface area contributed by atoms with E-state index >= 15 is 0 Å². The minimum absolute atomic E-state index is 0.471. The number of benzene rings is 1. The van der Waals surface area contributed by atoms with Crippen LogP contribution in [0.15, 0.2) is 30.3 Å². The molecule has 1 saturated heterocycles. The van der Waals surface area contributed by atoms with Gasteiger partial charge in [-0.15, -0.1) is 0 Å². The number of nitrogens with one attached hydrogen (secondary N) is 1. The van der Waals surface area contributed by atoms with Crippen molar-refractivity contribution in [2.24, 2.45) is 7.05 Å². The number of hydrogen-bond donors (Lipinski definition) is 1. The van der Waals surface area contributed by atoms with Gasteiger partial charge in [0, 0.05) is 25.1 Å². The quantitative estimate of drug-likeness (QED) is 0.848. The van der Waals surface area contributed by atoms with Crippen molar-refractivity contribution in [1.29, 1.82) is 0 Å². The summed E-state index contributed by atoms with van der Waals surface area (Å²) in [5.74, 6) is 2.39. The molecule has 0 aliphatic carbocycles. The molecule has 0 bridgehead atoms. The maximum Gasteiger partial charge on any atom is 0.158 e. The zero-order chi connectivity index (χ0) is 11.7. The van der Waals surface area contributed by atoms with Crippen LogP contribution in [0.3, 0.4) is 0 Å². The molecule has 1 atom stereocenters. The third kappa shape index (κ3) is 1.96. The lowest BCUT2D eigenvalue weighted by atomic mass is 10.1. The van der Waals surface area contributed by atoms with Crippen molar-refractivity contribution in [2.45, 2.75) is 12.3 Å². The molecular weight excluding hydrogens is 212 g/mol. The van der Waals surface area contributed by atoms with Crippen molar-refractivity contribution < 1.29 is 0 Å². The summed E-state index contributed by atoms with van der Waals surface area (Å²) in [5, 5.41) is 7.88. The molecule has 3 rings (SSSR count). The fraction of sp³-hybridized carbons (Fsp3) is 0.385. The molecule has 0 amide bonds. The predicted octanol–water partition coefficient (Wildman–Crippen LogP) is 1.56. The first-order valence-corrected chi connectivity index (χ1v) is 6.01. The summed E-state index contributed by atoms with van der Waals surface area (Å²) in [5.41, 5.74) is 1.12. The van der Waals surface area contributed by atoms with Crippen LogP contribution in [0.5, 0.6) is 0 Å². The van der Waals surface area contributed by atoms with E-state index in [1.165, 1.54) is 0 Å². The van der Waals surface area contributed by atoms with Gasteiger partial charge in [-0.25, -0.2) is 9.67 Å². The van der Waals surface area contributed by atoms with Gasteiger partial charge in [0.25, 0.3) is 0 Å². The van der Waals surface area contributed by atoms with Crippen LogP contribution in [0.25, 0.3) is 11.4 Å². The van der Waals surface area contributed by atoms with Gasteiger partial charge in [-0.1, -0.05) is 30.3 Å². The molecule has 1 aliphatic rings. The molecule has 1 aliphatic heterocycles. The standard InChI is InChI=1S/C13H16N4/c1-17-13(10-5-3-2-4-6-10)15-12(16-17)11-7-8-14-9-11/h2-6,11,14H,7-9H2,1H3. The van der Waals surface area contributed by atoms with E-state index in [-0.39, 0.29) is 0 Å². The Balaban J connectivity index is 1.96. The molecule has 0 saturated carbocycles. The lowest BCUT2D eigenvalue weighted by Crippen LogP contribution is -2.09. The highest BCUT2D eigenvalue weighted by atomic mass is 15.3. The zero-order valence-electron chi connectivity index (χ0n) is 9.93. The first kappa shape index (κ1) is 10.5. The van der Waals surface area contributed by atoms with Crippen LogP contribution in [0.4, 0.5) is 0 Å². The van der Waals surface area contributed by atoms with Crippen LogP contribution in [-0.2, 0) is 7.05 Å². The molecule has 17 heavy (non-hydrogen) atoms. The first-order valence-electron chi connectivity index (χ1n) is 6.01. The molecule has 1 unspecified atom stereocenters. The summed E-state index contributed by atoms with van der Waals surface area (Å²) in [6, 6.07) is 10.2. The maximum absolute atomic E-state index is 4.67. The Morgan fingerprint density at radius 2 is 2.12 bits per heavy atom. The molecule has 1 N–H and O–H groups in total. The van der Waals surface area contributed by atoms with E-state index in [1.54, 1.807) is 0 Å². The summed E-state index contributed by atoms with van der Waals surface area (Å²) in [6.07, 6.45) is 1.14. The zero-order valence-corrected chi connectivity index (χ0v) is 9.93. The van der Waals surface area contributed by atoms with Crippen molar-refractivity contribution >= 4 is 0 Å². The molecule has 1 aromatic heterocycles. The highest BCUT2D eigenvalue weighted by Gasteiger charge is 2.22. The van der Waals surface area contributed by atoms with Crippen molar-refractivity contribution in [2.75, 3.05) is 13.1 Å². The van der Waals surface area contributed by atoms with Crippen LogP contribution in [0.2, 0.25) is 0 Å². The predicted molar refractivity (Wildman–Crippen MR) is 66.7 cm³/mol. The minimum atomic E-state index is 0.471. The molecule has 88 valence electrons. The highest BCUT2D eigenvalue weighted by molar-refractivity contribution is 5.54. The normalized spacial score (nSPS) is 19.7. The average molecular weight is 228 g/mol. The largest absolute Gasteiger partial charge is 0.316 e. The lowest BCUT2D eigenvalue weighted by molar-refractivity contribution is 0.673. The smallest absolute Gasteiger partial charge is 0.158 e. The van der Waals surface area contributed by atoms with Gasteiger partial charge in [-0.3, -0.25) is 0 Å². The van der Waals surface area contributed by atoms with Crippen LogP contribution in [0, 0.1) is 0 Å². The van der Waals surface area contributed by atoms with E-state index in [2.05, 4.69) is 27.5 Å². The number of aryl methyl sites for hydroxylation is 1. The van der Waals surface area contributed by atoms with Gasteiger partial charge in [-0.2, -0.15) is 5.10 Å². The average Bonchev–Trinajstić information content (AvgIpc) is 2.99. The third-order valence-corrected chi connectivity index (χ3v) is 3.24. The Labute approximate surface area is 101 Å². The first-order chi connectivity index (χ1) is 8.34. The second-order valence-corrected chi connectivity index (χ2v) is 4.47. The Kier molecular flexibility index (Phi) is 2.65. The minimum Gasteiger partial charge on any atom is -0.316 e. The Morgan fingerprint density at radius 3 is 2.82 bits per heavy atom. The van der Waals surface area contributed by atoms with E-state index in [0.717, 1.165) is 36.7 Å². The van der Waals surface area contributed by atoms with Gasteiger partial charge >= 0.3 is 0 Å². The monoisotopic (exact) mass is 228 g/mol. The van der Waals surface area contributed by atoms with Gasteiger partial charge in [0.1, 0.15) is 0 Å². The second kappa shape index (κ2) is 4.30. The summed E-state index contributed by atoms with van der Waals surface area (Å²) in [4.78, 5) is 4.67. The Hall–Kier alpha value is -1.68. The van der Waals surface area contributed by atoms with Gasteiger partial charge in [0.05, 0.1) is 0 Å². The van der Waals surface area contributed by atoms with Crippen LogP contribution < -0.4 is 5.32 Å². The van der Waals surface area contributed by atoms with Crippen LogP contribution in [-0.4, -0.2) is 27.9 Å². The SMILES string of the molecule is Cn1nc(C2CCNC2)nc1-c1ccccc1. The fourth-order valence-corrected chi connectivity index (χ4v) is 2.29. The number of nitrogens with zero attached hydrogens (tertiary/aromatic N) is 3. The molecule has 0 spiro atoms. The molecule has 2 heterocycles. The van der Waals surface area contributed by atoms with Crippen molar-refractivity contribution in [3.8, 4) is 11.4 Å². The Morgan fingerprint density at radius 1 is 1.29 bits per heavy atom. The number of hydrogen-bond acceptors (Lipinski definition) is 3. The maximum atomic E-state index is 4.67. The van der Waals surface area contributed by atoms with E-state index in [9.17, 15) is 0 Å². The molecule has 1 fully saturated rings. The molecular formula is C13H16N4. The van der Waals surface area contributed by atoms with Gasteiger partial charge < -0.3 is 5.32 Å². The van der Waals surface area contributed by atoms with E-state index in [4.69, 9.17) is 0 Å². The summed E-state index contributed by atoms with van der Waals surface area (Å²) >= 11 is 0. The van der Waals surface area contributed by atoms with Crippen LogP contribution >= 0.6 is 0 Å². The van der Waals surface area contributed by atoms with Crippen LogP contribution in [0.1, 0.15) is 18.2 Å². The van der Waals surface area contributed by atoms with E-state index in [1.807, 2.05) is 29.9 Å². The van der Waals surface area contributed by atoms with E-state index < -0.39 is 0 Å². The second-order valence-electron chi connectivity index (χ2n) is 4.47. The van der Waals surface area contributed by atoms with Gasteiger partial charge in [0.15, 0.2) is 11.6 Å². The fourth-order valence-electron chi connectivity index (χ4n) is 2.29. The van der Waals surface area contributed by atoms with Crippen molar-refractivity contribution in [3.05, 3.63) is 36.2 Å². The van der Waals surface area contributed by atoms with Gasteiger partial charge in [-0.05, 0) is 13.0 Å². The summed E-state index contributed by atoms with van der Waals surface area (Å²) < 4.78 is 1.88. The van der Waals surface area contributed by atoms with Crippen molar-refractivity contribution in [1.82, 2.24) is 20.1 Å². The number of rotatable bonds is 2. The van der Waals surface area contributed by atoms with Crippen molar-refractivity contribution in [3.63, 3.8) is 0 Å². The topological polar surface area (TPSA) is 42.7 Å². The lowest BCUT2D eigenvalue weighted by Gasteiger charge is -2.00. The van der Waals surface area contributed by atoms with E-state index in [0.29, 0.717) is 5.92 Å².